The topological polar surface area (TPSA) is 506 Å². The van der Waals surface area contributed by atoms with Crippen molar-refractivity contribution in [2.75, 3.05) is 39.6 Å². The van der Waals surface area contributed by atoms with E-state index in [9.17, 15) is 102 Å². The molecule has 0 unspecified atom stereocenters. The van der Waals surface area contributed by atoms with Gasteiger partial charge in [0.15, 0.2) is 37.7 Å². The summed E-state index contributed by atoms with van der Waals surface area (Å²) in [6.07, 6.45) is -58.6. The lowest BCUT2D eigenvalue weighted by molar-refractivity contribution is -0.394. The number of aliphatic hydroxyl groups is 20. The van der Waals surface area contributed by atoms with E-state index >= 15 is 0 Å². The van der Waals surface area contributed by atoms with Crippen LogP contribution in [0.25, 0.3) is 0 Å². The number of hydrogen-bond donors (Lipinski definition) is 20. The van der Waals surface area contributed by atoms with Crippen LogP contribution < -0.4 is 0 Å². The van der Waals surface area contributed by atoms with Crippen LogP contribution in [0.3, 0.4) is 0 Å². The first-order chi connectivity index (χ1) is 31.7. The Balaban J connectivity index is 1.29. The third kappa shape index (κ3) is 11.5. The fourth-order valence-electron chi connectivity index (χ4n) is 8.29. The number of rotatable bonds is 16. The maximum atomic E-state index is 11.7. The lowest BCUT2D eigenvalue weighted by Crippen LogP contribution is -2.68. The van der Waals surface area contributed by atoms with Crippen LogP contribution in [0, 0.1) is 0 Å². The van der Waals surface area contributed by atoms with Gasteiger partial charge in [-0.25, -0.2) is 0 Å². The molecule has 6 heterocycles. The Hall–Kier alpha value is -1.24. The highest BCUT2D eigenvalue weighted by atomic mass is 16.8. The Morgan fingerprint density at radius 2 is 0.522 bits per heavy atom. The number of hydrogen-bond acceptors (Lipinski definition) is 31. The van der Waals surface area contributed by atoms with E-state index in [-0.39, 0.29) is 0 Å². The lowest BCUT2D eigenvalue weighted by Gasteiger charge is -2.49. The Morgan fingerprint density at radius 3 is 0.881 bits per heavy atom. The van der Waals surface area contributed by atoms with E-state index in [1.807, 2.05) is 0 Å². The molecule has 392 valence electrons. The zero-order chi connectivity index (χ0) is 49.3. The Morgan fingerprint density at radius 1 is 0.254 bits per heavy atom. The summed E-state index contributed by atoms with van der Waals surface area (Å²) < 4.78 is 60.9. The zero-order valence-corrected chi connectivity index (χ0v) is 35.0. The molecule has 0 aromatic heterocycles. The van der Waals surface area contributed by atoms with Crippen LogP contribution in [0.5, 0.6) is 0 Å². The van der Waals surface area contributed by atoms with Crippen molar-refractivity contribution in [1.82, 2.24) is 0 Å². The van der Waals surface area contributed by atoms with E-state index in [1.54, 1.807) is 0 Å². The summed E-state index contributed by atoms with van der Waals surface area (Å²) in [6.45, 7) is -5.42. The molecule has 0 aromatic carbocycles. The van der Waals surface area contributed by atoms with E-state index in [1.165, 1.54) is 0 Å². The Kier molecular flexibility index (Phi) is 19.4. The highest BCUT2D eigenvalue weighted by Crippen LogP contribution is 2.36. The average molecular weight is 991 g/mol. The van der Waals surface area contributed by atoms with Gasteiger partial charge in [-0.2, -0.15) is 0 Å². The van der Waals surface area contributed by atoms with Gasteiger partial charge < -0.3 is 154 Å². The zero-order valence-electron chi connectivity index (χ0n) is 35.0. The van der Waals surface area contributed by atoms with Crippen LogP contribution >= 0.6 is 0 Å². The van der Waals surface area contributed by atoms with Crippen molar-refractivity contribution in [3.8, 4) is 0 Å². The van der Waals surface area contributed by atoms with Gasteiger partial charge in [0.1, 0.15) is 146 Å². The second kappa shape index (κ2) is 23.5. The summed E-state index contributed by atoms with van der Waals surface area (Å²) in [5.41, 5.74) is 0. The van der Waals surface area contributed by atoms with E-state index in [0.717, 1.165) is 0 Å². The molecule has 0 saturated carbocycles. The molecule has 0 amide bonds. The standard InChI is InChI=1S/C36H62O31/c37-1-7-13(41)19(47)22(50)32(60-7)57-5-11-17(45)29(66-34-24(52)21(49)15(43)9(3-39)62-34)26(54)36(64-11)67-30-18(46)12(6-58-33-23(51)20(48)14(42)8(2-38)61-33)63-35(27(30)55)65-28-16(44)10(4-40)59-31(56)25(28)53/h7-56H,1-6H2/t7-,8-,9-,10-,11-,12-,13-,14-,15-,16-,17-,18-,19+,20+,21+,22-,23-,24-,25-,26-,27-,28+,29+,30+,31-,32-,33-,34+,35+,36+/m1/s1. The second-order valence-corrected chi connectivity index (χ2v) is 16.8. The second-order valence-electron chi connectivity index (χ2n) is 16.8. The first kappa shape index (κ1) is 55.1. The number of aliphatic hydroxyl groups excluding tert-OH is 20. The van der Waals surface area contributed by atoms with Crippen molar-refractivity contribution in [1.29, 1.82) is 0 Å². The van der Waals surface area contributed by atoms with Crippen LogP contribution in [0.1, 0.15) is 0 Å². The van der Waals surface area contributed by atoms with Gasteiger partial charge in [0.25, 0.3) is 0 Å². The summed E-state index contributed by atoms with van der Waals surface area (Å²) in [5.74, 6) is 0. The third-order valence-electron chi connectivity index (χ3n) is 12.4. The van der Waals surface area contributed by atoms with Crippen molar-refractivity contribution < 1.29 is 154 Å². The van der Waals surface area contributed by atoms with E-state index in [2.05, 4.69) is 0 Å². The van der Waals surface area contributed by atoms with Gasteiger partial charge in [-0.3, -0.25) is 0 Å². The van der Waals surface area contributed by atoms with Crippen LogP contribution in [-0.2, 0) is 52.1 Å². The lowest BCUT2D eigenvalue weighted by atomic mass is 9.95. The molecule has 0 spiro atoms. The minimum absolute atomic E-state index is 0.865. The highest BCUT2D eigenvalue weighted by molar-refractivity contribution is 4.99. The van der Waals surface area contributed by atoms with Gasteiger partial charge in [-0.15, -0.1) is 0 Å². The smallest absolute Gasteiger partial charge is 0.187 e. The van der Waals surface area contributed by atoms with Crippen LogP contribution in [0.15, 0.2) is 0 Å². The molecule has 31 heteroatoms. The highest BCUT2D eigenvalue weighted by Gasteiger charge is 2.57. The monoisotopic (exact) mass is 990 g/mol. The molecule has 0 bridgehead atoms. The normalized spacial score (nSPS) is 53.4. The Bertz CT molecular complexity index is 1500. The molecule has 0 aromatic rings. The van der Waals surface area contributed by atoms with Crippen LogP contribution in [0.2, 0.25) is 0 Å². The van der Waals surface area contributed by atoms with Crippen molar-refractivity contribution in [3.05, 3.63) is 0 Å². The van der Waals surface area contributed by atoms with Gasteiger partial charge >= 0.3 is 0 Å². The molecule has 67 heavy (non-hydrogen) atoms. The third-order valence-corrected chi connectivity index (χ3v) is 12.4. The first-order valence-corrected chi connectivity index (χ1v) is 21.1. The van der Waals surface area contributed by atoms with Crippen molar-refractivity contribution in [2.24, 2.45) is 0 Å². The predicted octanol–water partition coefficient (Wildman–Crippen LogP) is -14.1. The summed E-state index contributed by atoms with van der Waals surface area (Å²) in [6, 6.07) is 0. The quantitative estimate of drug-likeness (QED) is 0.0683. The molecular weight excluding hydrogens is 928 g/mol. The number of ether oxygens (including phenoxy) is 11. The van der Waals surface area contributed by atoms with Crippen LogP contribution in [0.4, 0.5) is 0 Å². The molecule has 0 radical (unpaired) electrons. The van der Waals surface area contributed by atoms with Crippen molar-refractivity contribution in [2.45, 2.75) is 184 Å². The summed E-state index contributed by atoms with van der Waals surface area (Å²) >= 11 is 0. The van der Waals surface area contributed by atoms with Crippen LogP contribution in [-0.4, -0.2) is 326 Å². The van der Waals surface area contributed by atoms with Crippen molar-refractivity contribution >= 4 is 0 Å². The molecular formula is C36H62O31. The SMILES string of the molecule is OC[C@H]1O[C@@H](OC[C@H]2O[C@@H](O[C@@H]3[C@@H](O)[C@H](O[C@@H]4[C@@H](O)[C@H](O)O[C@H](CO)[C@H]4O)O[C@H](CO[C@@H]4O[C@H](CO)[C@@H](O)[C@H](O)[C@H]4O)[C@H]3O)[C@H](O)[C@@H](O[C@@H]3O[C@H](CO)[C@@H](O)[C@H](O)[C@H]3O)[C@@H]2O)[C@H](O)[C@@H](O)[C@@H]1O. The van der Waals surface area contributed by atoms with Crippen molar-refractivity contribution in [3.63, 3.8) is 0 Å². The fourth-order valence-corrected chi connectivity index (χ4v) is 8.29. The van der Waals surface area contributed by atoms with Gasteiger partial charge in [-0.1, -0.05) is 0 Å². The molecule has 30 atom stereocenters. The molecule has 6 fully saturated rings. The molecule has 6 rings (SSSR count). The van der Waals surface area contributed by atoms with E-state index in [0.29, 0.717) is 0 Å². The minimum atomic E-state index is -2.31. The van der Waals surface area contributed by atoms with E-state index < -0.39 is 224 Å². The summed E-state index contributed by atoms with van der Waals surface area (Å²) in [5, 5.41) is 211. The predicted molar refractivity (Wildman–Crippen MR) is 199 cm³/mol. The molecule has 0 aliphatic carbocycles. The molecule has 20 N–H and O–H groups in total. The maximum absolute atomic E-state index is 11.7. The molecule has 6 aliphatic rings. The van der Waals surface area contributed by atoms with E-state index in [4.69, 9.17) is 52.1 Å². The molecule has 6 saturated heterocycles. The minimum Gasteiger partial charge on any atom is -0.394 e. The average Bonchev–Trinajstić information content (AvgIpc) is 3.31. The molecule has 6 aliphatic heterocycles. The summed E-state index contributed by atoms with van der Waals surface area (Å²) in [4.78, 5) is 0. The fraction of sp³-hybridized carbons (Fsp3) is 1.00. The van der Waals surface area contributed by atoms with Gasteiger partial charge in [0, 0.05) is 0 Å². The van der Waals surface area contributed by atoms with Gasteiger partial charge in [-0.05, 0) is 0 Å². The maximum Gasteiger partial charge on any atom is 0.187 e. The molecule has 31 nitrogen and oxygen atoms in total. The first-order valence-electron chi connectivity index (χ1n) is 21.1. The largest absolute Gasteiger partial charge is 0.394 e. The van der Waals surface area contributed by atoms with Gasteiger partial charge in [0.05, 0.1) is 39.6 Å². The van der Waals surface area contributed by atoms with Gasteiger partial charge in [0.2, 0.25) is 0 Å². The summed E-state index contributed by atoms with van der Waals surface area (Å²) in [7, 11) is 0. The Labute approximate surface area is 378 Å².